The van der Waals surface area contributed by atoms with Crippen molar-refractivity contribution in [1.82, 2.24) is 10.3 Å². The predicted molar refractivity (Wildman–Crippen MR) is 91.4 cm³/mol. The number of hydrogen-bond donors (Lipinski definition) is 2. The van der Waals surface area contributed by atoms with E-state index in [0.717, 1.165) is 0 Å². The molecule has 2 N–H and O–H groups in total. The number of esters is 1. The molecule has 2 heterocycles. The molecule has 25 heavy (non-hydrogen) atoms. The molecule has 0 atom stereocenters. The number of carbonyl (C=O) groups is 3. The highest BCUT2D eigenvalue weighted by Gasteiger charge is 2.11. The van der Waals surface area contributed by atoms with Gasteiger partial charge < -0.3 is 19.8 Å². The Balaban J connectivity index is 1.66. The summed E-state index contributed by atoms with van der Waals surface area (Å²) in [5.74, 6) is -0.627. The van der Waals surface area contributed by atoms with Gasteiger partial charge in [-0.2, -0.15) is 0 Å². The van der Waals surface area contributed by atoms with Crippen LogP contribution < -0.4 is 10.6 Å². The van der Waals surface area contributed by atoms with E-state index in [-0.39, 0.29) is 36.4 Å². The number of furan rings is 1. The Morgan fingerprint density at radius 3 is 2.92 bits per heavy atom. The number of nitrogens with zero attached hydrogens (tertiary/aromatic N) is 1. The van der Waals surface area contributed by atoms with E-state index in [4.69, 9.17) is 9.15 Å². The molecule has 0 bridgehead atoms. The van der Waals surface area contributed by atoms with Crippen LogP contribution in [0.15, 0.2) is 28.2 Å². The zero-order chi connectivity index (χ0) is 18.1. The SMILES string of the molecule is CCOC(=O)Cc1csc(NC(=O)CCCNC(=O)c2ccco2)n1. The first kappa shape index (κ1) is 18.7. The Kier molecular flexibility index (Phi) is 7.15. The highest BCUT2D eigenvalue weighted by atomic mass is 32.1. The third-order valence-electron chi connectivity index (χ3n) is 3.04. The van der Waals surface area contributed by atoms with E-state index in [1.807, 2.05) is 0 Å². The number of nitrogens with one attached hydrogen (secondary N) is 2. The van der Waals surface area contributed by atoms with Crippen molar-refractivity contribution in [2.75, 3.05) is 18.5 Å². The lowest BCUT2D eigenvalue weighted by molar-refractivity contribution is -0.142. The maximum Gasteiger partial charge on any atom is 0.311 e. The largest absolute Gasteiger partial charge is 0.466 e. The van der Waals surface area contributed by atoms with Crippen LogP contribution in [0, 0.1) is 0 Å². The van der Waals surface area contributed by atoms with Gasteiger partial charge in [0, 0.05) is 18.3 Å². The molecule has 0 aliphatic rings. The highest BCUT2D eigenvalue weighted by Crippen LogP contribution is 2.16. The number of hydrogen-bond acceptors (Lipinski definition) is 7. The molecule has 0 aliphatic heterocycles. The number of anilines is 1. The summed E-state index contributed by atoms with van der Waals surface area (Å²) < 4.78 is 9.81. The molecular formula is C16H19N3O5S. The monoisotopic (exact) mass is 365 g/mol. The van der Waals surface area contributed by atoms with Crippen LogP contribution in [-0.2, 0) is 20.7 Å². The fraction of sp³-hybridized carbons (Fsp3) is 0.375. The number of thiazole rings is 1. The molecule has 2 amide bonds. The quantitative estimate of drug-likeness (QED) is 0.519. The van der Waals surface area contributed by atoms with Gasteiger partial charge in [-0.1, -0.05) is 0 Å². The van der Waals surface area contributed by atoms with E-state index in [1.165, 1.54) is 17.6 Å². The van der Waals surface area contributed by atoms with E-state index in [2.05, 4.69) is 15.6 Å². The fourth-order valence-corrected chi connectivity index (χ4v) is 2.66. The molecule has 0 aliphatic carbocycles. The van der Waals surface area contributed by atoms with Gasteiger partial charge in [-0.3, -0.25) is 14.4 Å². The lowest BCUT2D eigenvalue weighted by Crippen LogP contribution is -2.25. The van der Waals surface area contributed by atoms with Gasteiger partial charge in [-0.15, -0.1) is 11.3 Å². The van der Waals surface area contributed by atoms with E-state index >= 15 is 0 Å². The zero-order valence-corrected chi connectivity index (χ0v) is 14.6. The van der Waals surface area contributed by atoms with Crippen molar-refractivity contribution < 1.29 is 23.5 Å². The lowest BCUT2D eigenvalue weighted by Gasteiger charge is -2.03. The molecule has 0 aromatic carbocycles. The Morgan fingerprint density at radius 2 is 2.20 bits per heavy atom. The van der Waals surface area contributed by atoms with Crippen LogP contribution in [0.4, 0.5) is 5.13 Å². The average molecular weight is 365 g/mol. The van der Waals surface area contributed by atoms with Crippen molar-refractivity contribution in [2.45, 2.75) is 26.2 Å². The Bertz CT molecular complexity index is 711. The molecule has 8 nitrogen and oxygen atoms in total. The molecule has 0 fully saturated rings. The summed E-state index contributed by atoms with van der Waals surface area (Å²) in [7, 11) is 0. The molecule has 0 saturated heterocycles. The molecule has 2 aromatic heterocycles. The minimum Gasteiger partial charge on any atom is -0.466 e. The van der Waals surface area contributed by atoms with Gasteiger partial charge >= 0.3 is 5.97 Å². The molecular weight excluding hydrogens is 346 g/mol. The summed E-state index contributed by atoms with van der Waals surface area (Å²) in [6.45, 7) is 2.42. The van der Waals surface area contributed by atoms with Crippen LogP contribution >= 0.6 is 11.3 Å². The minimum absolute atomic E-state index is 0.0824. The Hall–Kier alpha value is -2.68. The maximum absolute atomic E-state index is 11.9. The first-order chi connectivity index (χ1) is 12.1. The van der Waals surface area contributed by atoms with Crippen LogP contribution in [0.3, 0.4) is 0 Å². The van der Waals surface area contributed by atoms with Crippen LogP contribution in [0.1, 0.15) is 36.0 Å². The number of rotatable bonds is 9. The topological polar surface area (TPSA) is 111 Å². The van der Waals surface area contributed by atoms with Crippen LogP contribution in [-0.4, -0.2) is 35.9 Å². The minimum atomic E-state index is -0.349. The van der Waals surface area contributed by atoms with Gasteiger partial charge in [0.25, 0.3) is 5.91 Å². The van der Waals surface area contributed by atoms with Gasteiger partial charge in [-0.05, 0) is 25.5 Å². The van der Waals surface area contributed by atoms with Crippen molar-refractivity contribution >= 4 is 34.3 Å². The molecule has 0 unspecified atom stereocenters. The van der Waals surface area contributed by atoms with Crippen LogP contribution in [0.5, 0.6) is 0 Å². The number of ether oxygens (including phenoxy) is 1. The summed E-state index contributed by atoms with van der Waals surface area (Å²) in [5, 5.41) is 7.47. The molecule has 0 radical (unpaired) electrons. The van der Waals surface area contributed by atoms with Crippen molar-refractivity contribution in [3.05, 3.63) is 35.2 Å². The lowest BCUT2D eigenvalue weighted by atomic mass is 10.3. The third kappa shape index (κ3) is 6.38. The molecule has 134 valence electrons. The second kappa shape index (κ2) is 9.58. The summed E-state index contributed by atoms with van der Waals surface area (Å²) in [6.07, 6.45) is 2.23. The number of amides is 2. The van der Waals surface area contributed by atoms with Crippen LogP contribution in [0.2, 0.25) is 0 Å². The number of carbonyl (C=O) groups excluding carboxylic acids is 3. The van der Waals surface area contributed by atoms with Crippen LogP contribution in [0.25, 0.3) is 0 Å². The third-order valence-corrected chi connectivity index (χ3v) is 3.85. The summed E-state index contributed by atoms with van der Waals surface area (Å²) >= 11 is 1.25. The first-order valence-corrected chi connectivity index (χ1v) is 8.68. The standard InChI is InChI=1S/C16H19N3O5S/c1-2-23-14(21)9-11-10-25-16(18-11)19-13(20)6-3-7-17-15(22)12-5-4-8-24-12/h4-5,8,10H,2-3,6-7,9H2,1H3,(H,17,22)(H,18,19,20). The summed E-state index contributed by atoms with van der Waals surface area (Å²) in [4.78, 5) is 39.0. The van der Waals surface area contributed by atoms with E-state index in [1.54, 1.807) is 24.4 Å². The van der Waals surface area contributed by atoms with E-state index in [9.17, 15) is 14.4 Å². The second-order valence-electron chi connectivity index (χ2n) is 5.01. The molecule has 2 rings (SSSR count). The Labute approximate surface area is 148 Å². The number of aromatic nitrogens is 1. The van der Waals surface area contributed by atoms with Gasteiger partial charge in [-0.25, -0.2) is 4.98 Å². The smallest absolute Gasteiger partial charge is 0.311 e. The summed E-state index contributed by atoms with van der Waals surface area (Å²) in [6, 6.07) is 3.20. The molecule has 9 heteroatoms. The Morgan fingerprint density at radius 1 is 1.36 bits per heavy atom. The predicted octanol–water partition coefficient (Wildman–Crippen LogP) is 1.99. The highest BCUT2D eigenvalue weighted by molar-refractivity contribution is 7.13. The van der Waals surface area contributed by atoms with Crippen molar-refractivity contribution in [3.8, 4) is 0 Å². The van der Waals surface area contributed by atoms with E-state index in [0.29, 0.717) is 30.4 Å². The van der Waals surface area contributed by atoms with Gasteiger partial charge in [0.15, 0.2) is 10.9 Å². The van der Waals surface area contributed by atoms with Crippen molar-refractivity contribution in [1.29, 1.82) is 0 Å². The van der Waals surface area contributed by atoms with Gasteiger partial charge in [0.1, 0.15) is 0 Å². The molecule has 0 spiro atoms. The maximum atomic E-state index is 11.9. The fourth-order valence-electron chi connectivity index (χ4n) is 1.93. The molecule has 2 aromatic rings. The summed E-state index contributed by atoms with van der Waals surface area (Å²) in [5.41, 5.74) is 0.560. The second-order valence-corrected chi connectivity index (χ2v) is 5.87. The van der Waals surface area contributed by atoms with E-state index < -0.39 is 0 Å². The first-order valence-electron chi connectivity index (χ1n) is 7.80. The normalized spacial score (nSPS) is 10.3. The van der Waals surface area contributed by atoms with Gasteiger partial charge in [0.2, 0.25) is 5.91 Å². The average Bonchev–Trinajstić information content (AvgIpc) is 3.23. The van der Waals surface area contributed by atoms with Gasteiger partial charge in [0.05, 0.1) is 25.0 Å². The molecule has 0 saturated carbocycles. The van der Waals surface area contributed by atoms with Crippen molar-refractivity contribution in [3.63, 3.8) is 0 Å². The zero-order valence-electron chi connectivity index (χ0n) is 13.7. The van der Waals surface area contributed by atoms with Crippen molar-refractivity contribution in [2.24, 2.45) is 0 Å².